The van der Waals surface area contributed by atoms with Crippen LogP contribution in [0.3, 0.4) is 0 Å². The summed E-state index contributed by atoms with van der Waals surface area (Å²) in [5.74, 6) is -1.15. The van der Waals surface area contributed by atoms with Crippen molar-refractivity contribution in [3.8, 4) is 0 Å². The highest BCUT2D eigenvalue weighted by Crippen LogP contribution is 2.15. The maximum atomic E-state index is 12.1. The van der Waals surface area contributed by atoms with E-state index in [1.54, 1.807) is 0 Å². The molecule has 0 unspecified atom stereocenters. The summed E-state index contributed by atoms with van der Waals surface area (Å²) in [5.41, 5.74) is -0.389. The van der Waals surface area contributed by atoms with Crippen molar-refractivity contribution in [1.82, 2.24) is 10.6 Å². The Morgan fingerprint density at radius 2 is 1.65 bits per heavy atom. The molecule has 0 radical (unpaired) electrons. The molecule has 0 aliphatic heterocycles. The van der Waals surface area contributed by atoms with Gasteiger partial charge in [-0.05, 0) is 45.0 Å². The maximum Gasteiger partial charge on any atom is 0.239 e. The van der Waals surface area contributed by atoms with E-state index in [9.17, 15) is 18.0 Å². The van der Waals surface area contributed by atoms with Gasteiger partial charge in [0.1, 0.15) is 0 Å². The first-order valence-electron chi connectivity index (χ1n) is 7.06. The number of hydrogen-bond donors (Lipinski definition) is 2. The van der Waals surface area contributed by atoms with Gasteiger partial charge in [-0.1, -0.05) is 11.6 Å². The van der Waals surface area contributed by atoms with E-state index in [0.29, 0.717) is 5.02 Å². The number of sulfone groups is 1. The fraction of sp³-hybridized carbons (Fsp3) is 0.467. The molecule has 2 amide bonds. The molecule has 1 aromatic rings. The predicted octanol–water partition coefficient (Wildman–Crippen LogP) is 1.53. The Balaban J connectivity index is 2.46. The fourth-order valence-electron chi connectivity index (χ4n) is 1.72. The Labute approximate surface area is 141 Å². The van der Waals surface area contributed by atoms with Crippen molar-refractivity contribution in [2.45, 2.75) is 37.6 Å². The van der Waals surface area contributed by atoms with E-state index < -0.39 is 15.7 Å². The molecule has 0 aliphatic rings. The maximum absolute atomic E-state index is 12.1. The number of carbonyl (C=O) groups is 2. The molecular weight excluding hydrogens is 340 g/mol. The highest BCUT2D eigenvalue weighted by atomic mass is 35.5. The third-order valence-electron chi connectivity index (χ3n) is 2.73. The molecule has 1 aromatic carbocycles. The van der Waals surface area contributed by atoms with Gasteiger partial charge in [-0.15, -0.1) is 0 Å². The van der Waals surface area contributed by atoms with Gasteiger partial charge in [0.2, 0.25) is 11.8 Å². The van der Waals surface area contributed by atoms with Crippen LogP contribution in [0.25, 0.3) is 0 Å². The molecule has 0 bridgehead atoms. The summed E-state index contributed by atoms with van der Waals surface area (Å²) in [6, 6.07) is 5.75. The SMILES string of the molecule is CC(C)(C)NC(=O)CNC(=O)CCS(=O)(=O)c1ccc(Cl)cc1. The van der Waals surface area contributed by atoms with E-state index >= 15 is 0 Å². The average Bonchev–Trinajstić information content (AvgIpc) is 2.41. The van der Waals surface area contributed by atoms with E-state index in [4.69, 9.17) is 11.6 Å². The molecule has 0 aromatic heterocycles. The molecule has 23 heavy (non-hydrogen) atoms. The van der Waals surface area contributed by atoms with Gasteiger partial charge < -0.3 is 10.6 Å². The normalized spacial score (nSPS) is 11.8. The lowest BCUT2D eigenvalue weighted by atomic mass is 10.1. The number of benzene rings is 1. The van der Waals surface area contributed by atoms with Crippen molar-refractivity contribution in [2.24, 2.45) is 0 Å². The first kappa shape index (κ1) is 19.4. The molecule has 6 nitrogen and oxygen atoms in total. The van der Waals surface area contributed by atoms with Gasteiger partial charge in [0.25, 0.3) is 0 Å². The zero-order valence-electron chi connectivity index (χ0n) is 13.3. The Bertz CT molecular complexity index is 664. The van der Waals surface area contributed by atoms with Crippen LogP contribution in [-0.2, 0) is 19.4 Å². The molecule has 2 N–H and O–H groups in total. The fourth-order valence-corrected chi connectivity index (χ4v) is 3.08. The average molecular weight is 361 g/mol. The van der Waals surface area contributed by atoms with Crippen LogP contribution < -0.4 is 10.6 Å². The summed E-state index contributed by atoms with van der Waals surface area (Å²) in [5, 5.41) is 5.53. The van der Waals surface area contributed by atoms with E-state index in [1.165, 1.54) is 24.3 Å². The van der Waals surface area contributed by atoms with E-state index in [2.05, 4.69) is 10.6 Å². The number of rotatable bonds is 6. The zero-order valence-corrected chi connectivity index (χ0v) is 14.9. The minimum Gasteiger partial charge on any atom is -0.350 e. The van der Waals surface area contributed by atoms with E-state index in [0.717, 1.165) is 0 Å². The third-order valence-corrected chi connectivity index (χ3v) is 4.72. The van der Waals surface area contributed by atoms with Crippen molar-refractivity contribution in [3.63, 3.8) is 0 Å². The topological polar surface area (TPSA) is 92.3 Å². The van der Waals surface area contributed by atoms with Gasteiger partial charge in [0.15, 0.2) is 9.84 Å². The molecule has 128 valence electrons. The molecule has 0 spiro atoms. The third kappa shape index (κ3) is 7.47. The summed E-state index contributed by atoms with van der Waals surface area (Å²) in [7, 11) is -3.56. The standard InChI is InChI=1S/C15H21ClN2O4S/c1-15(2,3)18-14(20)10-17-13(19)8-9-23(21,22)12-6-4-11(16)5-7-12/h4-7H,8-10H2,1-3H3,(H,17,19)(H,18,20). The quantitative estimate of drug-likeness (QED) is 0.804. The van der Waals surface area contributed by atoms with E-state index in [1.807, 2.05) is 20.8 Å². The molecule has 0 fully saturated rings. The highest BCUT2D eigenvalue weighted by molar-refractivity contribution is 7.91. The van der Waals surface area contributed by atoms with Crippen molar-refractivity contribution in [2.75, 3.05) is 12.3 Å². The lowest BCUT2D eigenvalue weighted by Crippen LogP contribution is -2.46. The van der Waals surface area contributed by atoms with Crippen LogP contribution >= 0.6 is 11.6 Å². The van der Waals surface area contributed by atoms with Crippen molar-refractivity contribution in [3.05, 3.63) is 29.3 Å². The minimum absolute atomic E-state index is 0.111. The molecule has 0 aliphatic carbocycles. The molecule has 8 heteroatoms. The first-order valence-corrected chi connectivity index (χ1v) is 9.09. The van der Waals surface area contributed by atoms with Gasteiger partial charge in [-0.2, -0.15) is 0 Å². The number of halogens is 1. The van der Waals surface area contributed by atoms with E-state index in [-0.39, 0.29) is 35.1 Å². The van der Waals surface area contributed by atoms with Gasteiger partial charge in [0.05, 0.1) is 17.2 Å². The predicted molar refractivity (Wildman–Crippen MR) is 89.0 cm³/mol. The van der Waals surface area contributed by atoms with Crippen LogP contribution in [0.1, 0.15) is 27.2 Å². The number of carbonyl (C=O) groups excluding carboxylic acids is 2. The summed E-state index contributed by atoms with van der Waals surface area (Å²) >= 11 is 5.71. The van der Waals surface area contributed by atoms with Crippen LogP contribution in [0.15, 0.2) is 29.2 Å². The van der Waals surface area contributed by atoms with Gasteiger partial charge in [0, 0.05) is 17.0 Å². The molecular formula is C15H21ClN2O4S. The smallest absolute Gasteiger partial charge is 0.239 e. The van der Waals surface area contributed by atoms with Crippen molar-refractivity contribution < 1.29 is 18.0 Å². The Morgan fingerprint density at radius 3 is 2.17 bits per heavy atom. The zero-order chi connectivity index (χ0) is 17.7. The summed E-state index contributed by atoms with van der Waals surface area (Å²) in [6.07, 6.45) is -0.215. The van der Waals surface area contributed by atoms with Crippen molar-refractivity contribution in [1.29, 1.82) is 0 Å². The highest BCUT2D eigenvalue weighted by Gasteiger charge is 2.18. The molecule has 0 saturated heterocycles. The number of hydrogen-bond acceptors (Lipinski definition) is 4. The van der Waals surface area contributed by atoms with Crippen LogP contribution in [-0.4, -0.2) is 38.1 Å². The lowest BCUT2D eigenvalue weighted by Gasteiger charge is -2.20. The second kappa shape index (κ2) is 7.79. The van der Waals surface area contributed by atoms with Gasteiger partial charge in [-0.3, -0.25) is 9.59 Å². The molecule has 0 saturated carbocycles. The van der Waals surface area contributed by atoms with Gasteiger partial charge >= 0.3 is 0 Å². The lowest BCUT2D eigenvalue weighted by molar-refractivity contribution is -0.126. The number of nitrogens with one attached hydrogen (secondary N) is 2. The van der Waals surface area contributed by atoms with Gasteiger partial charge in [-0.25, -0.2) is 8.42 Å². The summed E-state index contributed by atoms with van der Waals surface area (Å²) in [6.45, 7) is 5.29. The molecule has 1 rings (SSSR count). The Morgan fingerprint density at radius 1 is 1.09 bits per heavy atom. The second-order valence-corrected chi connectivity index (χ2v) is 8.64. The Hall–Kier alpha value is -1.60. The second-order valence-electron chi connectivity index (χ2n) is 6.10. The van der Waals surface area contributed by atoms with Crippen molar-refractivity contribution >= 4 is 33.3 Å². The Kier molecular flexibility index (Phi) is 6.58. The van der Waals surface area contributed by atoms with Crippen LogP contribution in [0, 0.1) is 0 Å². The largest absolute Gasteiger partial charge is 0.350 e. The van der Waals surface area contributed by atoms with Crippen LogP contribution in [0.2, 0.25) is 5.02 Å². The van der Waals surface area contributed by atoms with Crippen LogP contribution in [0.4, 0.5) is 0 Å². The number of amides is 2. The monoisotopic (exact) mass is 360 g/mol. The molecule has 0 heterocycles. The summed E-state index contributed by atoms with van der Waals surface area (Å²) in [4.78, 5) is 23.3. The summed E-state index contributed by atoms with van der Waals surface area (Å²) < 4.78 is 24.1. The van der Waals surface area contributed by atoms with Crippen LogP contribution in [0.5, 0.6) is 0 Å². The molecule has 0 atom stereocenters. The minimum atomic E-state index is -3.56. The first-order chi connectivity index (χ1) is 10.5.